The second-order valence-corrected chi connectivity index (χ2v) is 4.98. The molecule has 0 unspecified atom stereocenters. The number of aromatic nitrogens is 2. The van der Waals surface area contributed by atoms with E-state index in [4.69, 9.17) is 0 Å². The van der Waals surface area contributed by atoms with Crippen molar-refractivity contribution in [3.8, 4) is 0 Å². The lowest BCUT2D eigenvalue weighted by Gasteiger charge is -2.26. The maximum atomic E-state index is 12.3. The van der Waals surface area contributed by atoms with E-state index in [0.717, 1.165) is 5.56 Å². The summed E-state index contributed by atoms with van der Waals surface area (Å²) in [5, 5.41) is 1.78. The van der Waals surface area contributed by atoms with Crippen LogP contribution in [0.15, 0.2) is 35.4 Å². The van der Waals surface area contributed by atoms with Crippen LogP contribution in [0.25, 0.3) is 0 Å². The standard InChI is InChI=1S/C13H15N3OS/c1-10(2)16(7-11-4-3-5-14-6-11)13(17)12-8-18-9-15-12/h3-6,8-10H,7H2,1-2H3. The Kier molecular flexibility index (Phi) is 4.04. The normalized spacial score (nSPS) is 10.6. The van der Waals surface area contributed by atoms with Crippen LogP contribution in [0, 0.1) is 0 Å². The van der Waals surface area contributed by atoms with Gasteiger partial charge >= 0.3 is 0 Å². The first kappa shape index (κ1) is 12.7. The van der Waals surface area contributed by atoms with E-state index in [2.05, 4.69) is 9.97 Å². The Morgan fingerprint density at radius 2 is 2.33 bits per heavy atom. The van der Waals surface area contributed by atoms with Crippen molar-refractivity contribution in [2.24, 2.45) is 0 Å². The van der Waals surface area contributed by atoms with Gasteiger partial charge in [0, 0.05) is 30.4 Å². The van der Waals surface area contributed by atoms with Gasteiger partial charge in [-0.15, -0.1) is 11.3 Å². The highest BCUT2D eigenvalue weighted by Crippen LogP contribution is 2.12. The third kappa shape index (κ3) is 2.92. The van der Waals surface area contributed by atoms with Crippen molar-refractivity contribution in [2.45, 2.75) is 26.4 Å². The van der Waals surface area contributed by atoms with E-state index in [1.807, 2.05) is 26.0 Å². The molecule has 2 heterocycles. The first-order valence-corrected chi connectivity index (χ1v) is 6.71. The lowest BCUT2D eigenvalue weighted by atomic mass is 10.2. The fourth-order valence-corrected chi connectivity index (χ4v) is 2.17. The van der Waals surface area contributed by atoms with Gasteiger partial charge in [0.1, 0.15) is 5.69 Å². The van der Waals surface area contributed by atoms with E-state index in [1.165, 1.54) is 11.3 Å². The molecule has 0 saturated heterocycles. The summed E-state index contributed by atoms with van der Waals surface area (Å²) in [5.41, 5.74) is 3.21. The lowest BCUT2D eigenvalue weighted by Crippen LogP contribution is -2.36. The number of rotatable bonds is 4. The molecule has 0 spiro atoms. The summed E-state index contributed by atoms with van der Waals surface area (Å²) in [5.74, 6) is -0.0323. The van der Waals surface area contributed by atoms with Gasteiger partial charge < -0.3 is 4.90 Å². The molecule has 0 saturated carbocycles. The van der Waals surface area contributed by atoms with Crippen LogP contribution in [-0.4, -0.2) is 26.8 Å². The average molecular weight is 261 g/mol. The minimum absolute atomic E-state index is 0.0323. The molecule has 0 aliphatic carbocycles. The molecule has 0 aliphatic heterocycles. The van der Waals surface area contributed by atoms with Gasteiger partial charge in [-0.1, -0.05) is 6.07 Å². The van der Waals surface area contributed by atoms with E-state index in [9.17, 15) is 4.79 Å². The molecule has 0 bridgehead atoms. The number of carbonyl (C=O) groups excluding carboxylic acids is 1. The molecule has 0 radical (unpaired) electrons. The molecule has 0 aliphatic rings. The minimum atomic E-state index is -0.0323. The van der Waals surface area contributed by atoms with Crippen molar-refractivity contribution in [1.29, 1.82) is 0 Å². The van der Waals surface area contributed by atoms with Crippen molar-refractivity contribution in [1.82, 2.24) is 14.9 Å². The summed E-state index contributed by atoms with van der Waals surface area (Å²) in [7, 11) is 0. The summed E-state index contributed by atoms with van der Waals surface area (Å²) in [4.78, 5) is 22.2. The number of nitrogens with zero attached hydrogens (tertiary/aromatic N) is 3. The van der Waals surface area contributed by atoms with E-state index < -0.39 is 0 Å². The summed E-state index contributed by atoms with van der Waals surface area (Å²) in [6.07, 6.45) is 3.51. The lowest BCUT2D eigenvalue weighted by molar-refractivity contribution is 0.0685. The Bertz CT molecular complexity index is 496. The molecule has 0 aromatic carbocycles. The van der Waals surface area contributed by atoms with Crippen LogP contribution in [0.2, 0.25) is 0 Å². The first-order chi connectivity index (χ1) is 8.68. The molecule has 0 fully saturated rings. The molecule has 2 aromatic heterocycles. The van der Waals surface area contributed by atoms with Crippen LogP contribution in [0.1, 0.15) is 29.9 Å². The SMILES string of the molecule is CC(C)N(Cc1cccnc1)C(=O)c1cscn1. The monoisotopic (exact) mass is 261 g/mol. The maximum absolute atomic E-state index is 12.3. The fraction of sp³-hybridized carbons (Fsp3) is 0.308. The molecule has 18 heavy (non-hydrogen) atoms. The van der Waals surface area contributed by atoms with Crippen LogP contribution in [0.4, 0.5) is 0 Å². The zero-order chi connectivity index (χ0) is 13.0. The van der Waals surface area contributed by atoms with Gasteiger partial charge in [0.25, 0.3) is 5.91 Å². The summed E-state index contributed by atoms with van der Waals surface area (Å²) >= 11 is 1.43. The van der Waals surface area contributed by atoms with Crippen molar-refractivity contribution in [3.63, 3.8) is 0 Å². The van der Waals surface area contributed by atoms with Gasteiger partial charge in [-0.05, 0) is 25.5 Å². The van der Waals surface area contributed by atoms with Gasteiger partial charge in [0.15, 0.2) is 0 Å². The van der Waals surface area contributed by atoms with Gasteiger partial charge in [0.2, 0.25) is 0 Å². The quantitative estimate of drug-likeness (QED) is 0.849. The van der Waals surface area contributed by atoms with Crippen molar-refractivity contribution < 1.29 is 4.79 Å². The van der Waals surface area contributed by atoms with Crippen molar-refractivity contribution in [3.05, 3.63) is 46.7 Å². The molecule has 1 amide bonds. The third-order valence-electron chi connectivity index (χ3n) is 2.61. The molecule has 0 N–H and O–H groups in total. The van der Waals surface area contributed by atoms with E-state index in [1.54, 1.807) is 28.2 Å². The van der Waals surface area contributed by atoms with Crippen LogP contribution in [0.5, 0.6) is 0 Å². The van der Waals surface area contributed by atoms with Gasteiger partial charge in [-0.3, -0.25) is 9.78 Å². The van der Waals surface area contributed by atoms with Crippen LogP contribution >= 0.6 is 11.3 Å². The molecule has 5 heteroatoms. The number of hydrogen-bond acceptors (Lipinski definition) is 4. The van der Waals surface area contributed by atoms with E-state index in [0.29, 0.717) is 12.2 Å². The summed E-state index contributed by atoms with van der Waals surface area (Å²) < 4.78 is 0. The predicted octanol–water partition coefficient (Wildman–Crippen LogP) is 2.59. The highest BCUT2D eigenvalue weighted by molar-refractivity contribution is 7.07. The number of carbonyl (C=O) groups is 1. The maximum Gasteiger partial charge on any atom is 0.273 e. The van der Waals surface area contributed by atoms with Crippen LogP contribution in [-0.2, 0) is 6.54 Å². The molecule has 4 nitrogen and oxygen atoms in total. The Morgan fingerprint density at radius 1 is 1.50 bits per heavy atom. The predicted molar refractivity (Wildman–Crippen MR) is 71.4 cm³/mol. The number of thiazole rings is 1. The van der Waals surface area contributed by atoms with Gasteiger partial charge in [-0.2, -0.15) is 0 Å². The molecule has 2 rings (SSSR count). The highest BCUT2D eigenvalue weighted by atomic mass is 32.1. The summed E-state index contributed by atoms with van der Waals surface area (Å²) in [6, 6.07) is 3.97. The zero-order valence-corrected chi connectivity index (χ0v) is 11.2. The van der Waals surface area contributed by atoms with Crippen LogP contribution < -0.4 is 0 Å². The number of hydrogen-bond donors (Lipinski definition) is 0. The Morgan fingerprint density at radius 3 is 2.89 bits per heavy atom. The Hall–Kier alpha value is -1.75. The first-order valence-electron chi connectivity index (χ1n) is 5.76. The molecular formula is C13H15N3OS. The largest absolute Gasteiger partial charge is 0.330 e. The second kappa shape index (κ2) is 5.73. The van der Waals surface area contributed by atoms with Crippen molar-refractivity contribution >= 4 is 17.2 Å². The second-order valence-electron chi connectivity index (χ2n) is 4.26. The smallest absolute Gasteiger partial charge is 0.273 e. The van der Waals surface area contributed by atoms with E-state index in [-0.39, 0.29) is 11.9 Å². The molecular weight excluding hydrogens is 246 g/mol. The Balaban J connectivity index is 2.17. The van der Waals surface area contributed by atoms with Gasteiger partial charge in [-0.25, -0.2) is 4.98 Å². The molecule has 94 valence electrons. The Labute approximate surface area is 110 Å². The molecule has 0 atom stereocenters. The highest BCUT2D eigenvalue weighted by Gasteiger charge is 2.20. The van der Waals surface area contributed by atoms with Crippen molar-refractivity contribution in [2.75, 3.05) is 0 Å². The minimum Gasteiger partial charge on any atom is -0.330 e. The number of amides is 1. The third-order valence-corrected chi connectivity index (χ3v) is 3.20. The van der Waals surface area contributed by atoms with E-state index >= 15 is 0 Å². The fourth-order valence-electron chi connectivity index (χ4n) is 1.64. The van der Waals surface area contributed by atoms with Gasteiger partial charge in [0.05, 0.1) is 5.51 Å². The summed E-state index contributed by atoms with van der Waals surface area (Å²) in [6.45, 7) is 4.56. The number of pyridine rings is 1. The molecule has 2 aromatic rings. The topological polar surface area (TPSA) is 46.1 Å². The average Bonchev–Trinajstić information content (AvgIpc) is 2.90. The zero-order valence-electron chi connectivity index (χ0n) is 10.4. The van der Waals surface area contributed by atoms with Crippen LogP contribution in [0.3, 0.4) is 0 Å².